The number of aromatic nitrogens is 1. The molecule has 1 aromatic heterocycles. The molecule has 1 aromatic carbocycles. The van der Waals surface area contributed by atoms with Gasteiger partial charge in [-0.2, -0.15) is 5.26 Å². The van der Waals surface area contributed by atoms with E-state index >= 15 is 0 Å². The highest BCUT2D eigenvalue weighted by molar-refractivity contribution is 9.08. The van der Waals surface area contributed by atoms with Crippen molar-refractivity contribution < 1.29 is 9.13 Å². The van der Waals surface area contributed by atoms with Crippen LogP contribution in [0.4, 0.5) is 4.39 Å². The number of pyridine rings is 1. The lowest BCUT2D eigenvalue weighted by atomic mass is 10.1. The Hall–Kier alpha value is -1.93. The lowest BCUT2D eigenvalue weighted by Gasteiger charge is -2.10. The molecular formula is C15H12BrFN2O. The number of aryl methyl sites for hydroxylation is 1. The van der Waals surface area contributed by atoms with Crippen molar-refractivity contribution in [2.75, 3.05) is 0 Å². The van der Waals surface area contributed by atoms with Crippen molar-refractivity contribution in [3.63, 3.8) is 0 Å². The van der Waals surface area contributed by atoms with Crippen molar-refractivity contribution in [2.45, 2.75) is 18.9 Å². The minimum Gasteiger partial charge on any atom is -0.487 e. The zero-order valence-corrected chi connectivity index (χ0v) is 12.4. The fourth-order valence-corrected chi connectivity index (χ4v) is 2.12. The largest absolute Gasteiger partial charge is 0.487 e. The van der Waals surface area contributed by atoms with Gasteiger partial charge in [0.05, 0.1) is 17.3 Å². The van der Waals surface area contributed by atoms with Gasteiger partial charge in [0, 0.05) is 16.6 Å². The Labute approximate surface area is 125 Å². The summed E-state index contributed by atoms with van der Waals surface area (Å²) in [6.07, 6.45) is 0. The molecule has 0 fully saturated rings. The second kappa shape index (κ2) is 6.49. The third-order valence-corrected chi connectivity index (χ3v) is 3.29. The topological polar surface area (TPSA) is 45.9 Å². The Morgan fingerprint density at radius 2 is 2.15 bits per heavy atom. The van der Waals surface area contributed by atoms with E-state index in [1.165, 1.54) is 6.07 Å². The molecule has 0 N–H and O–H groups in total. The molecule has 0 atom stereocenters. The summed E-state index contributed by atoms with van der Waals surface area (Å²) in [6.45, 7) is 2.00. The second-order valence-electron chi connectivity index (χ2n) is 4.24. The van der Waals surface area contributed by atoms with E-state index in [9.17, 15) is 4.39 Å². The summed E-state index contributed by atoms with van der Waals surface area (Å²) in [5, 5.41) is 9.26. The van der Waals surface area contributed by atoms with E-state index in [1.807, 2.05) is 25.1 Å². The van der Waals surface area contributed by atoms with Gasteiger partial charge in [0.2, 0.25) is 0 Å². The van der Waals surface area contributed by atoms with Crippen LogP contribution in [0.5, 0.6) is 5.75 Å². The van der Waals surface area contributed by atoms with Crippen molar-refractivity contribution in [3.8, 4) is 11.8 Å². The summed E-state index contributed by atoms with van der Waals surface area (Å²) in [6, 6.07) is 9.89. The van der Waals surface area contributed by atoms with Crippen molar-refractivity contribution in [2.24, 2.45) is 0 Å². The van der Waals surface area contributed by atoms with Gasteiger partial charge in [-0.15, -0.1) is 0 Å². The molecule has 0 saturated heterocycles. The summed E-state index contributed by atoms with van der Waals surface area (Å²) < 4.78 is 19.3. The highest BCUT2D eigenvalue weighted by Gasteiger charge is 2.08. The molecule has 102 valence electrons. The van der Waals surface area contributed by atoms with Crippen molar-refractivity contribution >= 4 is 15.9 Å². The Morgan fingerprint density at radius 3 is 2.80 bits per heavy atom. The molecule has 0 spiro atoms. The molecule has 0 saturated carbocycles. The Balaban J connectivity index is 2.15. The quantitative estimate of drug-likeness (QED) is 0.797. The second-order valence-corrected chi connectivity index (χ2v) is 4.80. The summed E-state index contributed by atoms with van der Waals surface area (Å²) in [4.78, 5) is 4.35. The summed E-state index contributed by atoms with van der Waals surface area (Å²) in [7, 11) is 0. The maximum Gasteiger partial charge on any atom is 0.142 e. The molecule has 0 aliphatic rings. The summed E-state index contributed by atoms with van der Waals surface area (Å²) in [5.41, 5.74) is 2.38. The van der Waals surface area contributed by atoms with Gasteiger partial charge in [-0.05, 0) is 31.2 Å². The molecule has 1 heterocycles. The van der Waals surface area contributed by atoms with Crippen LogP contribution in [0.1, 0.15) is 22.5 Å². The van der Waals surface area contributed by atoms with Crippen LogP contribution >= 0.6 is 15.9 Å². The lowest BCUT2D eigenvalue weighted by Crippen LogP contribution is -2.02. The number of ether oxygens (including phenoxy) is 1. The average molecular weight is 335 g/mol. The van der Waals surface area contributed by atoms with Crippen LogP contribution in [0.15, 0.2) is 30.3 Å². The third-order valence-electron chi connectivity index (χ3n) is 2.76. The number of benzene rings is 1. The first-order valence-electron chi connectivity index (χ1n) is 5.98. The first kappa shape index (κ1) is 14.5. The van der Waals surface area contributed by atoms with Crippen LogP contribution in [0.25, 0.3) is 0 Å². The van der Waals surface area contributed by atoms with Gasteiger partial charge in [-0.1, -0.05) is 22.0 Å². The van der Waals surface area contributed by atoms with Gasteiger partial charge in [-0.25, -0.2) is 4.39 Å². The van der Waals surface area contributed by atoms with E-state index in [-0.39, 0.29) is 6.61 Å². The molecule has 0 radical (unpaired) electrons. The first-order valence-corrected chi connectivity index (χ1v) is 7.10. The number of hydrogen-bond acceptors (Lipinski definition) is 3. The van der Waals surface area contributed by atoms with Crippen LogP contribution in [0.2, 0.25) is 0 Å². The van der Waals surface area contributed by atoms with Gasteiger partial charge < -0.3 is 4.74 Å². The fraction of sp³-hybridized carbons (Fsp3) is 0.200. The minimum atomic E-state index is -0.440. The number of alkyl halides is 1. The molecule has 0 aliphatic carbocycles. The number of halogens is 2. The van der Waals surface area contributed by atoms with Gasteiger partial charge in [0.15, 0.2) is 0 Å². The monoisotopic (exact) mass is 334 g/mol. The summed E-state index contributed by atoms with van der Waals surface area (Å²) >= 11 is 3.35. The highest BCUT2D eigenvalue weighted by atomic mass is 79.9. The normalized spacial score (nSPS) is 10.1. The van der Waals surface area contributed by atoms with Crippen LogP contribution in [-0.2, 0) is 11.9 Å². The zero-order valence-electron chi connectivity index (χ0n) is 10.9. The first-order chi connectivity index (χ1) is 9.63. The van der Waals surface area contributed by atoms with Crippen LogP contribution in [0, 0.1) is 24.1 Å². The van der Waals surface area contributed by atoms with E-state index in [0.717, 1.165) is 11.4 Å². The van der Waals surface area contributed by atoms with Crippen molar-refractivity contribution in [3.05, 3.63) is 58.7 Å². The standard InChI is InChI=1S/C15H12BrFN2O/c1-10-2-5-15(14(7-16)19-10)20-9-12-4-3-11(8-18)6-13(12)17/h2-6H,7,9H2,1H3. The predicted molar refractivity (Wildman–Crippen MR) is 77.1 cm³/mol. The maximum absolute atomic E-state index is 13.7. The fourth-order valence-electron chi connectivity index (χ4n) is 1.71. The molecular weight excluding hydrogens is 323 g/mol. The van der Waals surface area contributed by atoms with Crippen molar-refractivity contribution in [1.82, 2.24) is 4.98 Å². The van der Waals surface area contributed by atoms with E-state index < -0.39 is 5.82 Å². The van der Waals surface area contributed by atoms with Gasteiger partial charge in [0.25, 0.3) is 0 Å². The van der Waals surface area contributed by atoms with Crippen molar-refractivity contribution in [1.29, 1.82) is 5.26 Å². The summed E-state index contributed by atoms with van der Waals surface area (Å²) in [5.74, 6) is 0.181. The average Bonchev–Trinajstić information content (AvgIpc) is 2.46. The lowest BCUT2D eigenvalue weighted by molar-refractivity contribution is 0.296. The zero-order chi connectivity index (χ0) is 14.5. The molecule has 0 unspecified atom stereocenters. The van der Waals surface area contributed by atoms with Crippen LogP contribution < -0.4 is 4.74 Å². The Bertz CT molecular complexity index is 667. The number of nitrogens with zero attached hydrogens (tertiary/aromatic N) is 2. The van der Waals surface area contributed by atoms with E-state index in [2.05, 4.69) is 20.9 Å². The van der Waals surface area contributed by atoms with Crippen LogP contribution in [-0.4, -0.2) is 4.98 Å². The molecule has 0 bridgehead atoms. The van der Waals surface area contributed by atoms with E-state index in [0.29, 0.717) is 22.2 Å². The van der Waals surface area contributed by atoms with E-state index in [1.54, 1.807) is 12.1 Å². The van der Waals surface area contributed by atoms with Gasteiger partial charge >= 0.3 is 0 Å². The number of nitriles is 1. The maximum atomic E-state index is 13.7. The molecule has 20 heavy (non-hydrogen) atoms. The molecule has 3 nitrogen and oxygen atoms in total. The Morgan fingerprint density at radius 1 is 1.35 bits per heavy atom. The SMILES string of the molecule is Cc1ccc(OCc2ccc(C#N)cc2F)c(CBr)n1. The predicted octanol–water partition coefficient (Wildman–Crippen LogP) is 3.87. The molecule has 0 aliphatic heterocycles. The number of hydrogen-bond donors (Lipinski definition) is 0. The van der Waals surface area contributed by atoms with E-state index in [4.69, 9.17) is 10.00 Å². The molecule has 2 rings (SSSR count). The van der Waals surface area contributed by atoms with Gasteiger partial charge in [-0.3, -0.25) is 4.98 Å². The van der Waals surface area contributed by atoms with Gasteiger partial charge in [0.1, 0.15) is 18.2 Å². The highest BCUT2D eigenvalue weighted by Crippen LogP contribution is 2.21. The molecule has 5 heteroatoms. The minimum absolute atomic E-state index is 0.0995. The number of rotatable bonds is 4. The van der Waals surface area contributed by atoms with Crippen LogP contribution in [0.3, 0.4) is 0 Å². The third kappa shape index (κ3) is 3.34. The molecule has 2 aromatic rings. The smallest absolute Gasteiger partial charge is 0.142 e. The molecule has 0 amide bonds. The Kier molecular flexibility index (Phi) is 4.70.